The number of rotatable bonds is 2. The third-order valence-electron chi connectivity index (χ3n) is 5.48. The lowest BCUT2D eigenvalue weighted by atomic mass is 9.78. The van der Waals surface area contributed by atoms with Crippen LogP contribution >= 0.6 is 0 Å². The van der Waals surface area contributed by atoms with E-state index in [4.69, 9.17) is 4.98 Å². The summed E-state index contributed by atoms with van der Waals surface area (Å²) in [5.41, 5.74) is 8.06. The van der Waals surface area contributed by atoms with Gasteiger partial charge in [-0.3, -0.25) is 0 Å². The average Bonchev–Trinajstić information content (AvgIpc) is 2.62. The number of hydrogen-bond donors (Lipinski definition) is 1. The maximum Gasteiger partial charge on any atom is 0.128 e. The van der Waals surface area contributed by atoms with Gasteiger partial charge in [0.1, 0.15) is 5.75 Å². The van der Waals surface area contributed by atoms with Gasteiger partial charge in [-0.05, 0) is 60.1 Å². The molecular weight excluding hydrogens is 354 g/mol. The Balaban J connectivity index is 2.25. The number of phenolic OH excluding ortho intramolecular Hbond substituents is 1. The number of aryl methyl sites for hydroxylation is 2. The van der Waals surface area contributed by atoms with Crippen molar-refractivity contribution in [2.45, 2.75) is 66.2 Å². The Labute approximate surface area is 175 Å². The molecule has 2 heteroatoms. The van der Waals surface area contributed by atoms with Crippen LogP contribution in [0.5, 0.6) is 5.75 Å². The van der Waals surface area contributed by atoms with Crippen LogP contribution in [0.15, 0.2) is 48.5 Å². The molecule has 2 nitrogen and oxygen atoms in total. The minimum atomic E-state index is -0.162. The van der Waals surface area contributed by atoms with Crippen molar-refractivity contribution in [3.63, 3.8) is 0 Å². The Kier molecular flexibility index (Phi) is 5.34. The number of aromatic hydroxyl groups is 1. The first-order chi connectivity index (χ1) is 13.4. The standard InChI is InChI=1S/C27H33NO/c1-17-12-13-18(2)20(14-17)23-10-9-11-24(28-23)21-15-19(26(3,4)5)16-22(25(21)29)27(6,7)8/h9-16,29H,1-8H3. The van der Waals surface area contributed by atoms with Gasteiger partial charge in [0.15, 0.2) is 0 Å². The molecule has 3 aromatic rings. The Hall–Kier alpha value is -2.61. The summed E-state index contributed by atoms with van der Waals surface area (Å²) in [6, 6.07) is 16.7. The molecule has 0 fully saturated rings. The first-order valence-corrected chi connectivity index (χ1v) is 10.3. The van der Waals surface area contributed by atoms with Gasteiger partial charge in [-0.25, -0.2) is 4.98 Å². The minimum absolute atomic E-state index is 0.0206. The molecule has 0 radical (unpaired) electrons. The highest BCUT2D eigenvalue weighted by atomic mass is 16.3. The maximum atomic E-state index is 11.2. The molecule has 0 aliphatic carbocycles. The van der Waals surface area contributed by atoms with Crippen LogP contribution in [0.2, 0.25) is 0 Å². The molecule has 0 saturated heterocycles. The van der Waals surface area contributed by atoms with Gasteiger partial charge in [0, 0.05) is 16.7 Å². The second-order valence-corrected chi connectivity index (χ2v) is 10.1. The molecule has 1 heterocycles. The lowest BCUT2D eigenvalue weighted by Crippen LogP contribution is -2.17. The van der Waals surface area contributed by atoms with Crippen LogP contribution in [0, 0.1) is 13.8 Å². The van der Waals surface area contributed by atoms with Gasteiger partial charge in [-0.1, -0.05) is 71.4 Å². The van der Waals surface area contributed by atoms with E-state index in [1.54, 1.807) is 0 Å². The number of aromatic nitrogens is 1. The zero-order valence-corrected chi connectivity index (χ0v) is 19.0. The smallest absolute Gasteiger partial charge is 0.128 e. The third-order valence-corrected chi connectivity index (χ3v) is 5.48. The van der Waals surface area contributed by atoms with E-state index >= 15 is 0 Å². The van der Waals surface area contributed by atoms with Crippen molar-refractivity contribution in [1.82, 2.24) is 4.98 Å². The van der Waals surface area contributed by atoms with Crippen molar-refractivity contribution in [3.05, 3.63) is 70.8 Å². The Morgan fingerprint density at radius 2 is 1.34 bits per heavy atom. The monoisotopic (exact) mass is 387 g/mol. The van der Waals surface area contributed by atoms with Gasteiger partial charge in [0.25, 0.3) is 0 Å². The molecular formula is C27H33NO. The van der Waals surface area contributed by atoms with Gasteiger partial charge >= 0.3 is 0 Å². The van der Waals surface area contributed by atoms with Crippen LogP contribution in [-0.2, 0) is 10.8 Å². The van der Waals surface area contributed by atoms with Crippen molar-refractivity contribution >= 4 is 0 Å². The largest absolute Gasteiger partial charge is 0.507 e. The van der Waals surface area contributed by atoms with E-state index in [2.05, 4.69) is 85.7 Å². The summed E-state index contributed by atoms with van der Waals surface area (Å²) in [6.45, 7) is 17.2. The molecule has 0 amide bonds. The molecule has 2 aromatic carbocycles. The summed E-state index contributed by atoms with van der Waals surface area (Å²) in [5, 5.41) is 11.2. The van der Waals surface area contributed by atoms with Crippen LogP contribution in [0.3, 0.4) is 0 Å². The molecule has 0 saturated carbocycles. The summed E-state index contributed by atoms with van der Waals surface area (Å²) in [4.78, 5) is 4.96. The maximum absolute atomic E-state index is 11.2. The van der Waals surface area contributed by atoms with Gasteiger partial charge in [-0.2, -0.15) is 0 Å². The molecule has 1 N–H and O–H groups in total. The van der Waals surface area contributed by atoms with Crippen molar-refractivity contribution in [3.8, 4) is 28.3 Å². The van der Waals surface area contributed by atoms with Crippen molar-refractivity contribution in [1.29, 1.82) is 0 Å². The zero-order valence-electron chi connectivity index (χ0n) is 19.0. The molecule has 0 spiro atoms. The summed E-state index contributed by atoms with van der Waals surface area (Å²) >= 11 is 0. The topological polar surface area (TPSA) is 33.1 Å². The van der Waals surface area contributed by atoms with Crippen LogP contribution in [0.4, 0.5) is 0 Å². The molecule has 1 aromatic heterocycles. The average molecular weight is 388 g/mol. The van der Waals surface area contributed by atoms with E-state index < -0.39 is 0 Å². The lowest BCUT2D eigenvalue weighted by molar-refractivity contribution is 0.446. The van der Waals surface area contributed by atoms with Crippen LogP contribution in [0.1, 0.15) is 63.8 Å². The van der Waals surface area contributed by atoms with Crippen molar-refractivity contribution in [2.75, 3.05) is 0 Å². The predicted octanol–water partition coefficient (Wildman–Crippen LogP) is 7.33. The summed E-state index contributed by atoms with van der Waals surface area (Å²) < 4.78 is 0. The normalized spacial score (nSPS) is 12.3. The number of benzene rings is 2. The summed E-state index contributed by atoms with van der Waals surface area (Å²) in [7, 11) is 0. The van der Waals surface area contributed by atoms with Gasteiger partial charge < -0.3 is 5.11 Å². The highest BCUT2D eigenvalue weighted by Crippen LogP contribution is 2.42. The molecule has 152 valence electrons. The van der Waals surface area contributed by atoms with E-state index in [0.29, 0.717) is 5.75 Å². The zero-order chi connectivity index (χ0) is 21.6. The summed E-state index contributed by atoms with van der Waals surface area (Å²) in [6.07, 6.45) is 0. The summed E-state index contributed by atoms with van der Waals surface area (Å²) in [5.74, 6) is 0.330. The molecule has 29 heavy (non-hydrogen) atoms. The van der Waals surface area contributed by atoms with E-state index in [0.717, 1.165) is 28.1 Å². The Morgan fingerprint density at radius 1 is 0.724 bits per heavy atom. The van der Waals surface area contributed by atoms with Gasteiger partial charge in [-0.15, -0.1) is 0 Å². The molecule has 0 aliphatic rings. The number of nitrogens with zero attached hydrogens (tertiary/aromatic N) is 1. The fourth-order valence-electron chi connectivity index (χ4n) is 3.58. The lowest BCUT2D eigenvalue weighted by Gasteiger charge is -2.27. The van der Waals surface area contributed by atoms with Crippen molar-refractivity contribution in [2.24, 2.45) is 0 Å². The van der Waals surface area contributed by atoms with E-state index in [1.807, 2.05) is 18.2 Å². The van der Waals surface area contributed by atoms with E-state index in [-0.39, 0.29) is 10.8 Å². The fraction of sp³-hybridized carbons (Fsp3) is 0.370. The highest BCUT2D eigenvalue weighted by molar-refractivity contribution is 5.74. The van der Waals surface area contributed by atoms with Gasteiger partial charge in [0.2, 0.25) is 0 Å². The van der Waals surface area contributed by atoms with Crippen LogP contribution in [-0.4, -0.2) is 10.1 Å². The minimum Gasteiger partial charge on any atom is -0.507 e. The Bertz CT molecular complexity index is 1050. The SMILES string of the molecule is Cc1ccc(C)c(-c2cccc(-c3cc(C(C)(C)C)cc(C(C)(C)C)c3O)n2)c1. The molecule has 0 aliphatic heterocycles. The first kappa shape index (κ1) is 21.1. The Morgan fingerprint density at radius 3 is 1.93 bits per heavy atom. The van der Waals surface area contributed by atoms with E-state index in [9.17, 15) is 5.11 Å². The molecule has 0 bridgehead atoms. The van der Waals surface area contributed by atoms with Crippen LogP contribution < -0.4 is 0 Å². The fourth-order valence-corrected chi connectivity index (χ4v) is 3.58. The predicted molar refractivity (Wildman–Crippen MR) is 124 cm³/mol. The second-order valence-electron chi connectivity index (χ2n) is 10.1. The van der Waals surface area contributed by atoms with Gasteiger partial charge in [0.05, 0.1) is 11.4 Å². The number of phenols is 1. The molecule has 0 atom stereocenters. The van der Waals surface area contributed by atoms with Crippen molar-refractivity contribution < 1.29 is 5.11 Å². The van der Waals surface area contributed by atoms with E-state index in [1.165, 1.54) is 16.7 Å². The quantitative estimate of drug-likeness (QED) is 0.499. The second kappa shape index (κ2) is 7.33. The number of hydrogen-bond acceptors (Lipinski definition) is 2. The molecule has 3 rings (SSSR count). The first-order valence-electron chi connectivity index (χ1n) is 10.3. The third kappa shape index (κ3) is 4.37. The molecule has 0 unspecified atom stereocenters. The number of pyridine rings is 1. The van der Waals surface area contributed by atoms with Crippen LogP contribution in [0.25, 0.3) is 22.5 Å². The highest BCUT2D eigenvalue weighted by Gasteiger charge is 2.26.